The second-order valence-corrected chi connectivity index (χ2v) is 4.50. The normalized spacial score (nSPS) is 19.1. The third kappa shape index (κ3) is 4.07. The zero-order valence-corrected chi connectivity index (χ0v) is 12.2. The summed E-state index contributed by atoms with van der Waals surface area (Å²) in [4.78, 5) is 4.07. The van der Waals surface area contributed by atoms with Gasteiger partial charge in [0.25, 0.3) is 0 Å². The largest absolute Gasteiger partial charge is 0.450 e. The zero-order chi connectivity index (χ0) is 15.2. The van der Waals surface area contributed by atoms with Crippen LogP contribution in [0.3, 0.4) is 0 Å². The Morgan fingerprint density at radius 1 is 1.48 bits per heavy atom. The first-order valence-corrected chi connectivity index (χ1v) is 6.54. The summed E-state index contributed by atoms with van der Waals surface area (Å²) in [6, 6.07) is 3.60. The van der Waals surface area contributed by atoms with Crippen LogP contribution in [-0.4, -0.2) is 26.2 Å². The maximum atomic E-state index is 13.1. The summed E-state index contributed by atoms with van der Waals surface area (Å²) >= 11 is 0. The van der Waals surface area contributed by atoms with Crippen LogP contribution in [0.1, 0.15) is 18.4 Å². The van der Waals surface area contributed by atoms with Crippen LogP contribution in [0.15, 0.2) is 45.0 Å². The molecule has 1 unspecified atom stereocenters. The van der Waals surface area contributed by atoms with Gasteiger partial charge in [-0.1, -0.05) is 0 Å². The number of amidine groups is 1. The highest BCUT2D eigenvalue weighted by molar-refractivity contribution is 6.05. The lowest BCUT2D eigenvalue weighted by molar-refractivity contribution is 0.164. The van der Waals surface area contributed by atoms with Gasteiger partial charge in [-0.15, -0.1) is 0 Å². The van der Waals surface area contributed by atoms with E-state index in [9.17, 15) is 4.39 Å². The van der Waals surface area contributed by atoms with E-state index < -0.39 is 6.17 Å². The number of methoxy groups -OCH3 is 1. The number of alkyl halides is 1. The van der Waals surface area contributed by atoms with Gasteiger partial charge in [0.05, 0.1) is 5.70 Å². The van der Waals surface area contributed by atoms with Gasteiger partial charge in [0, 0.05) is 19.7 Å². The second kappa shape index (κ2) is 6.91. The Balaban J connectivity index is 2.15. The second-order valence-electron chi connectivity index (χ2n) is 4.50. The maximum absolute atomic E-state index is 13.1. The topological polar surface area (TPSA) is 46.8 Å². The molecule has 1 aliphatic rings. The number of allylic oxidation sites excluding steroid dienone is 2. The van der Waals surface area contributed by atoms with Crippen LogP contribution in [0.2, 0.25) is 0 Å². The SMILES string of the molecule is CN=C1NC(C#Cc2ccc(COC)o2)=C/C1=C/C(C)F. The van der Waals surface area contributed by atoms with E-state index in [0.29, 0.717) is 29.5 Å². The van der Waals surface area contributed by atoms with Crippen molar-refractivity contribution in [3.63, 3.8) is 0 Å². The molecule has 1 N–H and O–H groups in total. The monoisotopic (exact) mass is 288 g/mol. The first-order valence-electron chi connectivity index (χ1n) is 6.54. The molecule has 1 atom stereocenters. The third-order valence-electron chi connectivity index (χ3n) is 2.73. The number of rotatable bonds is 3. The highest BCUT2D eigenvalue weighted by Crippen LogP contribution is 2.14. The van der Waals surface area contributed by atoms with Crippen molar-refractivity contribution >= 4 is 5.84 Å². The Bertz CT molecular complexity index is 657. The van der Waals surface area contributed by atoms with Crippen molar-refractivity contribution in [3.8, 4) is 11.8 Å². The van der Waals surface area contributed by atoms with E-state index in [2.05, 4.69) is 22.2 Å². The van der Waals surface area contributed by atoms with Crippen molar-refractivity contribution in [1.29, 1.82) is 0 Å². The number of halogens is 1. The van der Waals surface area contributed by atoms with Crippen LogP contribution < -0.4 is 5.32 Å². The molecule has 0 saturated heterocycles. The first kappa shape index (κ1) is 15.1. The zero-order valence-electron chi connectivity index (χ0n) is 12.2. The lowest BCUT2D eigenvalue weighted by Gasteiger charge is -1.99. The quantitative estimate of drug-likeness (QED) is 0.870. The van der Waals surface area contributed by atoms with Gasteiger partial charge in [0.2, 0.25) is 0 Å². The van der Waals surface area contributed by atoms with Gasteiger partial charge >= 0.3 is 0 Å². The Morgan fingerprint density at radius 3 is 2.95 bits per heavy atom. The van der Waals surface area contributed by atoms with Gasteiger partial charge in [-0.2, -0.15) is 0 Å². The summed E-state index contributed by atoms with van der Waals surface area (Å²) < 4.78 is 23.5. The molecule has 110 valence electrons. The van der Waals surface area contributed by atoms with E-state index in [4.69, 9.17) is 9.15 Å². The number of hydrogen-bond acceptors (Lipinski definition) is 3. The summed E-state index contributed by atoms with van der Waals surface area (Å²) in [6.07, 6.45) is 2.22. The van der Waals surface area contributed by atoms with E-state index in [1.54, 1.807) is 26.3 Å². The molecular weight excluding hydrogens is 271 g/mol. The molecule has 0 spiro atoms. The minimum atomic E-state index is -1.04. The standard InChI is InChI=1S/C16H17FN2O2/c1-11(17)8-12-9-13(19-16(12)18-2)4-5-14-6-7-15(21-14)10-20-3/h6-9,11H,10H2,1-3H3,(H,18,19)/b12-8-. The van der Waals surface area contributed by atoms with Crippen LogP contribution in [0.5, 0.6) is 0 Å². The minimum absolute atomic E-state index is 0.413. The molecule has 0 radical (unpaired) electrons. The molecule has 1 aliphatic heterocycles. The van der Waals surface area contributed by atoms with Crippen LogP contribution >= 0.6 is 0 Å². The summed E-state index contributed by atoms with van der Waals surface area (Å²) in [6.45, 7) is 1.88. The molecule has 2 heterocycles. The predicted molar refractivity (Wildman–Crippen MR) is 79.5 cm³/mol. The van der Waals surface area contributed by atoms with Gasteiger partial charge < -0.3 is 14.5 Å². The van der Waals surface area contributed by atoms with Gasteiger partial charge in [0.1, 0.15) is 24.4 Å². The fraction of sp³-hybridized carbons (Fsp3) is 0.312. The average molecular weight is 288 g/mol. The Morgan fingerprint density at radius 2 is 2.29 bits per heavy atom. The van der Waals surface area contributed by atoms with E-state index >= 15 is 0 Å². The van der Waals surface area contributed by atoms with Crippen LogP contribution in [0, 0.1) is 11.8 Å². The summed E-state index contributed by atoms with van der Waals surface area (Å²) in [5, 5.41) is 3.03. The summed E-state index contributed by atoms with van der Waals surface area (Å²) in [5.74, 6) is 7.73. The first-order chi connectivity index (χ1) is 10.1. The molecule has 0 amide bonds. The highest BCUT2D eigenvalue weighted by atomic mass is 19.1. The Hall–Kier alpha value is -2.32. The number of nitrogens with one attached hydrogen (secondary N) is 1. The number of aliphatic imine (C=N–C) groups is 1. The molecule has 4 nitrogen and oxygen atoms in total. The molecule has 21 heavy (non-hydrogen) atoms. The Kier molecular flexibility index (Phi) is 4.96. The van der Waals surface area contributed by atoms with E-state index in [1.165, 1.54) is 13.0 Å². The van der Waals surface area contributed by atoms with Gasteiger partial charge in [-0.25, -0.2) is 4.39 Å². The smallest absolute Gasteiger partial charge is 0.177 e. The minimum Gasteiger partial charge on any atom is -0.450 e. The molecule has 1 aromatic rings. The molecule has 0 saturated carbocycles. The predicted octanol–water partition coefficient (Wildman–Crippen LogP) is 2.58. The van der Waals surface area contributed by atoms with Gasteiger partial charge in [0.15, 0.2) is 5.76 Å². The van der Waals surface area contributed by atoms with Crippen molar-refractivity contribution in [1.82, 2.24) is 5.32 Å². The molecule has 0 aliphatic carbocycles. The van der Waals surface area contributed by atoms with E-state index in [-0.39, 0.29) is 0 Å². The van der Waals surface area contributed by atoms with E-state index in [0.717, 1.165) is 5.76 Å². The number of furan rings is 1. The number of nitrogens with zero attached hydrogens (tertiary/aromatic N) is 1. The summed E-state index contributed by atoms with van der Waals surface area (Å²) in [7, 11) is 3.25. The van der Waals surface area contributed by atoms with Crippen LogP contribution in [0.25, 0.3) is 0 Å². The molecule has 5 heteroatoms. The maximum Gasteiger partial charge on any atom is 0.177 e. The molecule has 1 aromatic heterocycles. The molecule has 0 fully saturated rings. The van der Waals surface area contributed by atoms with Crippen molar-refractivity contribution in [2.75, 3.05) is 14.2 Å². The average Bonchev–Trinajstić information content (AvgIpc) is 3.03. The fourth-order valence-corrected chi connectivity index (χ4v) is 1.88. The Labute approximate surface area is 123 Å². The molecular formula is C16H17FN2O2. The van der Waals surface area contributed by atoms with Crippen LogP contribution in [-0.2, 0) is 11.3 Å². The summed E-state index contributed by atoms with van der Waals surface area (Å²) in [5.41, 5.74) is 1.36. The number of hydrogen-bond donors (Lipinski definition) is 1. The van der Waals surface area contributed by atoms with Crippen molar-refractivity contribution in [2.24, 2.45) is 4.99 Å². The molecule has 2 rings (SSSR count). The fourth-order valence-electron chi connectivity index (χ4n) is 1.88. The van der Waals surface area contributed by atoms with Gasteiger partial charge in [-0.05, 0) is 43.0 Å². The lowest BCUT2D eigenvalue weighted by atomic mass is 10.2. The molecule has 0 bridgehead atoms. The lowest BCUT2D eigenvalue weighted by Crippen LogP contribution is -2.17. The van der Waals surface area contributed by atoms with Gasteiger partial charge in [-0.3, -0.25) is 4.99 Å². The number of ether oxygens (including phenoxy) is 1. The highest BCUT2D eigenvalue weighted by Gasteiger charge is 2.14. The molecule has 0 aromatic carbocycles. The van der Waals surface area contributed by atoms with Crippen LogP contribution in [0.4, 0.5) is 4.39 Å². The van der Waals surface area contributed by atoms with Crippen molar-refractivity contribution in [2.45, 2.75) is 19.7 Å². The third-order valence-corrected chi connectivity index (χ3v) is 2.73. The van der Waals surface area contributed by atoms with E-state index in [1.807, 2.05) is 6.07 Å². The van der Waals surface area contributed by atoms with Crippen molar-refractivity contribution in [3.05, 3.63) is 47.1 Å². The van der Waals surface area contributed by atoms with Crippen molar-refractivity contribution < 1.29 is 13.5 Å².